The maximum absolute atomic E-state index is 11.9. The van der Waals surface area contributed by atoms with Gasteiger partial charge in [-0.2, -0.15) is 0 Å². The lowest BCUT2D eigenvalue weighted by atomic mass is 9.94. The van der Waals surface area contributed by atoms with Crippen LogP contribution in [0.3, 0.4) is 0 Å². The Morgan fingerprint density at radius 2 is 1.83 bits per heavy atom. The summed E-state index contributed by atoms with van der Waals surface area (Å²) in [6.45, 7) is 7.02. The van der Waals surface area contributed by atoms with Gasteiger partial charge in [0.05, 0.1) is 0 Å². The molecule has 1 rings (SSSR count). The highest BCUT2D eigenvalue weighted by atomic mass is 16.2. The lowest BCUT2D eigenvalue weighted by Crippen LogP contribution is -2.43. The van der Waals surface area contributed by atoms with Crippen molar-refractivity contribution in [1.82, 2.24) is 10.6 Å². The Bertz CT molecular complexity index is 301. The predicted octanol–water partition coefficient (Wildman–Crippen LogP) is 2.59. The van der Waals surface area contributed by atoms with Gasteiger partial charge in [-0.15, -0.1) is 0 Å². The number of rotatable bonds is 8. The summed E-state index contributed by atoms with van der Waals surface area (Å²) in [5, 5.41) is 6.06. The Kier molecular flexibility index (Phi) is 6.16. The van der Waals surface area contributed by atoms with E-state index in [0.717, 1.165) is 25.8 Å². The van der Waals surface area contributed by atoms with Crippen molar-refractivity contribution >= 4 is 11.9 Å². The van der Waals surface area contributed by atoms with Crippen LogP contribution < -0.4 is 10.6 Å². The van der Waals surface area contributed by atoms with Gasteiger partial charge >= 0.3 is 0 Å². The lowest BCUT2D eigenvalue weighted by Gasteiger charge is -2.20. The van der Waals surface area contributed by atoms with Gasteiger partial charge in [0, 0.05) is 6.54 Å². The molecule has 1 heterocycles. The van der Waals surface area contributed by atoms with Crippen molar-refractivity contribution in [3.8, 4) is 0 Å². The number of hydrogen-bond donors (Lipinski definition) is 2. The molecule has 1 atom stereocenters. The standard InChI is InChI=1S/C14H27N3O/c1-4-6-7-8-9-10-14(3)12(18)16-13(17-14)15-11-5-2/h4-11H2,1-3H3,(H2,15,16,17,18). The van der Waals surface area contributed by atoms with Crippen LogP contribution in [0.2, 0.25) is 0 Å². The molecule has 1 aliphatic heterocycles. The van der Waals surface area contributed by atoms with Crippen LogP contribution in [0, 0.1) is 0 Å². The number of aliphatic imine (C=N–C) groups is 1. The van der Waals surface area contributed by atoms with Gasteiger partial charge in [0.1, 0.15) is 5.54 Å². The number of nitrogens with zero attached hydrogens (tertiary/aromatic N) is 1. The van der Waals surface area contributed by atoms with E-state index in [9.17, 15) is 4.79 Å². The van der Waals surface area contributed by atoms with Crippen molar-refractivity contribution in [2.75, 3.05) is 6.54 Å². The van der Waals surface area contributed by atoms with E-state index >= 15 is 0 Å². The van der Waals surface area contributed by atoms with E-state index in [-0.39, 0.29) is 5.91 Å². The number of amides is 1. The Balaban J connectivity index is 2.36. The average Bonchev–Trinajstić information content (AvgIpc) is 2.62. The number of nitrogens with one attached hydrogen (secondary N) is 2. The highest BCUT2D eigenvalue weighted by Crippen LogP contribution is 2.19. The fraction of sp³-hybridized carbons (Fsp3) is 0.857. The predicted molar refractivity (Wildman–Crippen MR) is 75.7 cm³/mol. The summed E-state index contributed by atoms with van der Waals surface area (Å²) in [6, 6.07) is 0. The van der Waals surface area contributed by atoms with Gasteiger partial charge < -0.3 is 5.32 Å². The summed E-state index contributed by atoms with van der Waals surface area (Å²) in [6.07, 6.45) is 7.99. The summed E-state index contributed by atoms with van der Waals surface area (Å²) in [7, 11) is 0. The molecular formula is C14H27N3O. The van der Waals surface area contributed by atoms with Crippen LogP contribution in [0.1, 0.15) is 65.7 Å². The second-order valence-electron chi connectivity index (χ2n) is 5.31. The van der Waals surface area contributed by atoms with Gasteiger partial charge in [-0.05, 0) is 19.8 Å². The first-order valence-corrected chi connectivity index (χ1v) is 7.26. The molecule has 0 saturated carbocycles. The van der Waals surface area contributed by atoms with Gasteiger partial charge in [0.15, 0.2) is 5.96 Å². The van der Waals surface area contributed by atoms with Crippen molar-refractivity contribution in [2.45, 2.75) is 71.3 Å². The molecule has 1 aliphatic rings. The van der Waals surface area contributed by atoms with Crippen molar-refractivity contribution in [2.24, 2.45) is 4.99 Å². The molecule has 4 heteroatoms. The minimum atomic E-state index is -0.460. The van der Waals surface area contributed by atoms with Crippen LogP contribution in [0.5, 0.6) is 0 Å². The van der Waals surface area contributed by atoms with E-state index in [1.807, 2.05) is 6.92 Å². The summed E-state index contributed by atoms with van der Waals surface area (Å²) in [5.41, 5.74) is -0.460. The van der Waals surface area contributed by atoms with E-state index in [0.29, 0.717) is 5.96 Å². The zero-order chi connectivity index (χ0) is 13.4. The molecular weight excluding hydrogens is 226 g/mol. The summed E-state index contributed by atoms with van der Waals surface area (Å²) in [4.78, 5) is 16.3. The number of unbranched alkanes of at least 4 members (excludes halogenated alkanes) is 4. The highest BCUT2D eigenvalue weighted by molar-refractivity contribution is 6.08. The monoisotopic (exact) mass is 253 g/mol. The van der Waals surface area contributed by atoms with Crippen molar-refractivity contribution in [3.63, 3.8) is 0 Å². The van der Waals surface area contributed by atoms with Crippen LogP contribution in [0.4, 0.5) is 0 Å². The normalized spacial score (nSPS) is 25.3. The first-order valence-electron chi connectivity index (χ1n) is 7.26. The average molecular weight is 253 g/mol. The van der Waals surface area contributed by atoms with Crippen LogP contribution >= 0.6 is 0 Å². The Morgan fingerprint density at radius 1 is 1.11 bits per heavy atom. The van der Waals surface area contributed by atoms with E-state index in [4.69, 9.17) is 0 Å². The van der Waals surface area contributed by atoms with Gasteiger partial charge in [-0.3, -0.25) is 15.1 Å². The largest absolute Gasteiger partial charge is 0.342 e. The molecule has 0 aromatic rings. The first-order chi connectivity index (χ1) is 8.62. The molecule has 4 nitrogen and oxygen atoms in total. The zero-order valence-electron chi connectivity index (χ0n) is 12.0. The molecule has 0 aromatic carbocycles. The molecule has 0 bridgehead atoms. The number of hydrogen-bond acceptors (Lipinski definition) is 2. The minimum Gasteiger partial charge on any atom is -0.342 e. The molecule has 104 valence electrons. The lowest BCUT2D eigenvalue weighted by molar-refractivity contribution is -0.123. The first kappa shape index (κ1) is 15.0. The maximum Gasteiger partial charge on any atom is 0.252 e. The van der Waals surface area contributed by atoms with Crippen LogP contribution in [0.15, 0.2) is 4.99 Å². The molecule has 1 amide bonds. The number of guanidine groups is 1. The fourth-order valence-electron chi connectivity index (χ4n) is 2.16. The van der Waals surface area contributed by atoms with Crippen molar-refractivity contribution in [3.05, 3.63) is 0 Å². The second kappa shape index (κ2) is 7.39. The van der Waals surface area contributed by atoms with E-state index in [1.54, 1.807) is 0 Å². The summed E-state index contributed by atoms with van der Waals surface area (Å²) < 4.78 is 0. The molecule has 1 unspecified atom stereocenters. The third-order valence-electron chi connectivity index (χ3n) is 3.40. The Morgan fingerprint density at radius 3 is 2.50 bits per heavy atom. The van der Waals surface area contributed by atoms with Gasteiger partial charge in [0.25, 0.3) is 5.91 Å². The summed E-state index contributed by atoms with van der Waals surface area (Å²) >= 11 is 0. The number of carbonyl (C=O) groups excluding carboxylic acids is 1. The Labute approximate surface area is 111 Å². The SMILES string of the molecule is CCCCCCCC1(C)NC(=NCCC)NC1=O. The van der Waals surface area contributed by atoms with Crippen molar-refractivity contribution in [1.29, 1.82) is 0 Å². The third-order valence-corrected chi connectivity index (χ3v) is 3.40. The minimum absolute atomic E-state index is 0.0628. The second-order valence-corrected chi connectivity index (χ2v) is 5.31. The molecule has 1 saturated heterocycles. The number of carbonyl (C=O) groups is 1. The third kappa shape index (κ3) is 4.31. The molecule has 0 radical (unpaired) electrons. The quantitative estimate of drug-likeness (QED) is 0.653. The van der Waals surface area contributed by atoms with Crippen LogP contribution in [-0.4, -0.2) is 24.0 Å². The van der Waals surface area contributed by atoms with E-state index in [2.05, 4.69) is 29.5 Å². The van der Waals surface area contributed by atoms with E-state index < -0.39 is 5.54 Å². The van der Waals surface area contributed by atoms with Gasteiger partial charge in [-0.25, -0.2) is 0 Å². The molecule has 1 fully saturated rings. The van der Waals surface area contributed by atoms with Crippen molar-refractivity contribution < 1.29 is 4.79 Å². The maximum atomic E-state index is 11.9. The molecule has 2 N–H and O–H groups in total. The summed E-state index contributed by atoms with van der Waals surface area (Å²) in [5.74, 6) is 0.714. The molecule has 0 spiro atoms. The zero-order valence-corrected chi connectivity index (χ0v) is 12.0. The van der Waals surface area contributed by atoms with E-state index in [1.165, 1.54) is 25.7 Å². The molecule has 18 heavy (non-hydrogen) atoms. The van der Waals surface area contributed by atoms with Crippen LogP contribution in [0.25, 0.3) is 0 Å². The highest BCUT2D eigenvalue weighted by Gasteiger charge is 2.39. The smallest absolute Gasteiger partial charge is 0.252 e. The van der Waals surface area contributed by atoms with Gasteiger partial charge in [-0.1, -0.05) is 46.0 Å². The van der Waals surface area contributed by atoms with Gasteiger partial charge in [0.2, 0.25) is 0 Å². The van der Waals surface area contributed by atoms with Crippen LogP contribution in [-0.2, 0) is 4.79 Å². The molecule has 0 aromatic heterocycles. The molecule has 0 aliphatic carbocycles. The topological polar surface area (TPSA) is 53.5 Å². The fourth-order valence-corrected chi connectivity index (χ4v) is 2.16. The Hall–Kier alpha value is -1.06.